The summed E-state index contributed by atoms with van der Waals surface area (Å²) < 4.78 is 0. The minimum atomic E-state index is -0.557. The van der Waals surface area contributed by atoms with Gasteiger partial charge in [-0.05, 0) is 30.4 Å². The molecular formula is C17H22N2O3. The Labute approximate surface area is 130 Å². The molecule has 0 radical (unpaired) electrons. The van der Waals surface area contributed by atoms with Crippen molar-refractivity contribution in [2.45, 2.75) is 44.7 Å². The number of carbonyl (C=O) groups is 2. The van der Waals surface area contributed by atoms with E-state index in [1.54, 1.807) is 4.90 Å². The third-order valence-corrected chi connectivity index (χ3v) is 4.77. The summed E-state index contributed by atoms with van der Waals surface area (Å²) in [5.74, 6) is -0.320. The first-order valence-electron chi connectivity index (χ1n) is 8.00. The van der Waals surface area contributed by atoms with Crippen molar-refractivity contribution in [3.63, 3.8) is 0 Å². The Hall–Kier alpha value is -1.88. The Balaban J connectivity index is 1.95. The van der Waals surface area contributed by atoms with E-state index in [1.807, 2.05) is 24.3 Å². The number of benzene rings is 1. The van der Waals surface area contributed by atoms with Gasteiger partial charge in [0.15, 0.2) is 0 Å². The third kappa shape index (κ3) is 2.86. The Morgan fingerprint density at radius 2 is 1.95 bits per heavy atom. The molecule has 2 N–H and O–H groups in total. The van der Waals surface area contributed by atoms with E-state index in [4.69, 9.17) is 0 Å². The highest BCUT2D eigenvalue weighted by atomic mass is 16.3. The second kappa shape index (κ2) is 6.48. The molecule has 1 saturated carbocycles. The lowest BCUT2D eigenvalue weighted by molar-refractivity contribution is -0.143. The van der Waals surface area contributed by atoms with Crippen LogP contribution in [-0.2, 0) is 16.1 Å². The molecule has 1 aliphatic heterocycles. The minimum Gasteiger partial charge on any atom is -0.387 e. The molecule has 5 heteroatoms. The van der Waals surface area contributed by atoms with Crippen LogP contribution in [0, 0.1) is 5.92 Å². The molecule has 118 valence electrons. The first-order chi connectivity index (χ1) is 10.7. The molecule has 0 bridgehead atoms. The van der Waals surface area contributed by atoms with Crippen LogP contribution >= 0.6 is 0 Å². The molecule has 2 amide bonds. The van der Waals surface area contributed by atoms with Gasteiger partial charge in [-0.3, -0.25) is 9.59 Å². The molecule has 2 aliphatic rings. The highest BCUT2D eigenvalue weighted by molar-refractivity contribution is 5.99. The monoisotopic (exact) mass is 302 g/mol. The first kappa shape index (κ1) is 15.0. The van der Waals surface area contributed by atoms with Crippen molar-refractivity contribution in [2.75, 3.05) is 11.9 Å². The van der Waals surface area contributed by atoms with Crippen molar-refractivity contribution in [1.29, 1.82) is 0 Å². The van der Waals surface area contributed by atoms with Gasteiger partial charge in [0.25, 0.3) is 0 Å². The lowest BCUT2D eigenvalue weighted by Crippen LogP contribution is -2.50. The number of nitrogens with one attached hydrogen (secondary N) is 1. The van der Waals surface area contributed by atoms with Crippen molar-refractivity contribution in [3.8, 4) is 0 Å². The van der Waals surface area contributed by atoms with Gasteiger partial charge in [0.2, 0.25) is 11.8 Å². The molecule has 22 heavy (non-hydrogen) atoms. The Morgan fingerprint density at radius 1 is 1.23 bits per heavy atom. The van der Waals surface area contributed by atoms with Gasteiger partial charge < -0.3 is 15.3 Å². The maximum Gasteiger partial charge on any atom is 0.249 e. The molecule has 0 unspecified atom stereocenters. The van der Waals surface area contributed by atoms with Crippen molar-refractivity contribution < 1.29 is 14.7 Å². The molecule has 1 atom stereocenters. The smallest absolute Gasteiger partial charge is 0.249 e. The van der Waals surface area contributed by atoms with Crippen LogP contribution in [0.15, 0.2) is 24.3 Å². The zero-order valence-electron chi connectivity index (χ0n) is 12.6. The zero-order valence-corrected chi connectivity index (χ0v) is 12.6. The van der Waals surface area contributed by atoms with E-state index >= 15 is 0 Å². The number of aliphatic hydroxyl groups is 1. The van der Waals surface area contributed by atoms with Crippen LogP contribution in [0.1, 0.15) is 37.7 Å². The van der Waals surface area contributed by atoms with E-state index in [0.29, 0.717) is 6.54 Å². The predicted octanol–water partition coefficient (Wildman–Crippen LogP) is 1.91. The lowest BCUT2D eigenvalue weighted by Gasteiger charge is -2.36. The molecule has 1 heterocycles. The molecule has 1 fully saturated rings. The number of carbonyl (C=O) groups excluding carboxylic acids is 2. The summed E-state index contributed by atoms with van der Waals surface area (Å²) in [6.45, 7) is -0.186. The fourth-order valence-corrected chi connectivity index (χ4v) is 3.66. The van der Waals surface area contributed by atoms with Gasteiger partial charge in [-0.15, -0.1) is 0 Å². The molecule has 1 aliphatic carbocycles. The molecule has 0 spiro atoms. The van der Waals surface area contributed by atoms with Crippen molar-refractivity contribution >= 4 is 17.5 Å². The number of hydrogen-bond donors (Lipinski definition) is 2. The second-order valence-electron chi connectivity index (χ2n) is 6.17. The van der Waals surface area contributed by atoms with Gasteiger partial charge in [-0.25, -0.2) is 0 Å². The summed E-state index contributed by atoms with van der Waals surface area (Å²) >= 11 is 0. The zero-order chi connectivity index (χ0) is 15.5. The van der Waals surface area contributed by atoms with Gasteiger partial charge in [-0.1, -0.05) is 37.5 Å². The fraction of sp³-hybridized carbons (Fsp3) is 0.529. The largest absolute Gasteiger partial charge is 0.387 e. The molecule has 5 nitrogen and oxygen atoms in total. The minimum absolute atomic E-state index is 0.126. The summed E-state index contributed by atoms with van der Waals surface area (Å²) in [4.78, 5) is 26.5. The van der Waals surface area contributed by atoms with Crippen molar-refractivity contribution in [3.05, 3.63) is 29.8 Å². The van der Waals surface area contributed by atoms with Crippen LogP contribution in [0.25, 0.3) is 0 Å². The number of rotatable bonds is 2. The highest BCUT2D eigenvalue weighted by Gasteiger charge is 2.38. The number of anilines is 1. The third-order valence-electron chi connectivity index (χ3n) is 4.77. The summed E-state index contributed by atoms with van der Waals surface area (Å²) in [5.41, 5.74) is 1.68. The molecule has 0 saturated heterocycles. The van der Waals surface area contributed by atoms with E-state index in [-0.39, 0.29) is 17.7 Å². The summed E-state index contributed by atoms with van der Waals surface area (Å²) in [5, 5.41) is 12.3. The van der Waals surface area contributed by atoms with Crippen LogP contribution < -0.4 is 5.32 Å². The average Bonchev–Trinajstić information content (AvgIpc) is 2.70. The van der Waals surface area contributed by atoms with E-state index in [2.05, 4.69) is 5.32 Å². The first-order valence-corrected chi connectivity index (χ1v) is 8.00. The van der Waals surface area contributed by atoms with Crippen molar-refractivity contribution in [1.82, 2.24) is 4.90 Å². The van der Waals surface area contributed by atoms with Crippen LogP contribution in [0.2, 0.25) is 0 Å². The predicted molar refractivity (Wildman–Crippen MR) is 83.1 cm³/mol. The van der Waals surface area contributed by atoms with Crippen LogP contribution in [0.4, 0.5) is 5.69 Å². The quantitative estimate of drug-likeness (QED) is 0.877. The van der Waals surface area contributed by atoms with E-state index in [1.165, 1.54) is 6.42 Å². The van der Waals surface area contributed by atoms with E-state index < -0.39 is 12.6 Å². The highest BCUT2D eigenvalue weighted by Crippen LogP contribution is 2.33. The van der Waals surface area contributed by atoms with Crippen LogP contribution in [0.5, 0.6) is 0 Å². The SMILES string of the molecule is O=C1Nc2ccccc2CN(C(=O)CO)[C@H]1C1CCCCC1. The normalized spacial score (nSPS) is 22.7. The van der Waals surface area contributed by atoms with Crippen molar-refractivity contribution in [2.24, 2.45) is 5.92 Å². The van der Waals surface area contributed by atoms with E-state index in [0.717, 1.165) is 36.9 Å². The topological polar surface area (TPSA) is 69.6 Å². The number of hydrogen-bond acceptors (Lipinski definition) is 3. The van der Waals surface area contributed by atoms with Gasteiger partial charge >= 0.3 is 0 Å². The van der Waals surface area contributed by atoms with E-state index in [9.17, 15) is 14.7 Å². The standard InChI is InChI=1S/C17H22N2O3/c20-11-15(21)19-10-13-8-4-5-9-14(13)18-17(22)16(19)12-6-2-1-3-7-12/h4-5,8-9,12,16,20H,1-3,6-7,10-11H2,(H,18,22)/t16-/m0/s1. The maximum absolute atomic E-state index is 12.7. The number of amides is 2. The maximum atomic E-state index is 12.7. The summed E-state index contributed by atoms with van der Waals surface area (Å²) in [6, 6.07) is 7.06. The average molecular weight is 302 g/mol. The molecule has 3 rings (SSSR count). The Bertz CT molecular complexity index is 567. The van der Waals surface area contributed by atoms with Crippen LogP contribution in [-0.4, -0.2) is 34.5 Å². The van der Waals surface area contributed by atoms with Crippen LogP contribution in [0.3, 0.4) is 0 Å². The summed E-state index contributed by atoms with van der Waals surface area (Å²) in [7, 11) is 0. The Morgan fingerprint density at radius 3 is 2.68 bits per heavy atom. The number of para-hydroxylation sites is 1. The van der Waals surface area contributed by atoms with Gasteiger partial charge in [0.05, 0.1) is 0 Å². The number of nitrogens with zero attached hydrogens (tertiary/aromatic N) is 1. The fourth-order valence-electron chi connectivity index (χ4n) is 3.66. The number of aliphatic hydroxyl groups excluding tert-OH is 1. The summed E-state index contributed by atoms with van der Waals surface area (Å²) in [6.07, 6.45) is 5.32. The molecule has 1 aromatic rings. The molecular weight excluding hydrogens is 280 g/mol. The number of fused-ring (bicyclic) bond motifs is 1. The molecule has 0 aromatic heterocycles. The Kier molecular flexibility index (Phi) is 4.43. The van der Waals surface area contributed by atoms with Gasteiger partial charge in [-0.2, -0.15) is 0 Å². The van der Waals surface area contributed by atoms with Gasteiger partial charge in [0.1, 0.15) is 12.6 Å². The van der Waals surface area contributed by atoms with Gasteiger partial charge in [0, 0.05) is 12.2 Å². The lowest BCUT2D eigenvalue weighted by atomic mass is 9.82. The molecule has 1 aromatic carbocycles. The second-order valence-corrected chi connectivity index (χ2v) is 6.17.